The van der Waals surface area contributed by atoms with Crippen LogP contribution in [0.5, 0.6) is 0 Å². The van der Waals surface area contributed by atoms with Gasteiger partial charge in [0.25, 0.3) is 10.0 Å². The van der Waals surface area contributed by atoms with E-state index in [0.29, 0.717) is 0 Å². The van der Waals surface area contributed by atoms with E-state index >= 15 is 0 Å². The summed E-state index contributed by atoms with van der Waals surface area (Å²) in [6, 6.07) is 15.2. The van der Waals surface area contributed by atoms with E-state index in [1.54, 1.807) is 39.0 Å². The highest BCUT2D eigenvalue weighted by Crippen LogP contribution is 2.33. The van der Waals surface area contributed by atoms with Crippen molar-refractivity contribution in [1.29, 1.82) is 0 Å². The second-order valence-corrected chi connectivity index (χ2v) is 13.2. The maximum absolute atomic E-state index is 14.6. The van der Waals surface area contributed by atoms with Crippen LogP contribution in [0, 0.1) is 12.7 Å². The van der Waals surface area contributed by atoms with Crippen molar-refractivity contribution < 1.29 is 22.4 Å². The molecule has 0 heterocycles. The molecule has 11 heteroatoms. The molecular formula is C29H32Cl2FN3O4S. The predicted molar refractivity (Wildman–Crippen MR) is 156 cm³/mol. The molecule has 0 aliphatic carbocycles. The van der Waals surface area contributed by atoms with Crippen molar-refractivity contribution in [2.45, 2.75) is 57.6 Å². The van der Waals surface area contributed by atoms with Gasteiger partial charge in [0, 0.05) is 22.7 Å². The Labute approximate surface area is 244 Å². The highest BCUT2D eigenvalue weighted by atomic mass is 35.5. The maximum Gasteiger partial charge on any atom is 0.264 e. The molecule has 0 aromatic heterocycles. The number of hydrogen-bond donors (Lipinski definition) is 1. The summed E-state index contributed by atoms with van der Waals surface area (Å²) in [5.41, 5.74) is 0.394. The zero-order valence-electron chi connectivity index (χ0n) is 22.9. The van der Waals surface area contributed by atoms with Gasteiger partial charge in [-0.2, -0.15) is 0 Å². The van der Waals surface area contributed by atoms with Gasteiger partial charge in [-0.1, -0.05) is 59.1 Å². The van der Waals surface area contributed by atoms with E-state index in [9.17, 15) is 22.4 Å². The van der Waals surface area contributed by atoms with Gasteiger partial charge in [0.1, 0.15) is 18.4 Å². The van der Waals surface area contributed by atoms with Crippen LogP contribution in [0.4, 0.5) is 10.1 Å². The van der Waals surface area contributed by atoms with Crippen LogP contribution in [-0.2, 0) is 26.2 Å². The van der Waals surface area contributed by atoms with Gasteiger partial charge >= 0.3 is 0 Å². The van der Waals surface area contributed by atoms with Gasteiger partial charge in [-0.3, -0.25) is 13.9 Å². The van der Waals surface area contributed by atoms with Crippen molar-refractivity contribution >= 4 is 50.7 Å². The second-order valence-electron chi connectivity index (χ2n) is 10.4. The number of nitrogens with one attached hydrogen (secondary N) is 1. The van der Waals surface area contributed by atoms with Crippen molar-refractivity contribution in [1.82, 2.24) is 10.2 Å². The molecule has 3 rings (SSSR count). The summed E-state index contributed by atoms with van der Waals surface area (Å²) < 4.78 is 43.3. The lowest BCUT2D eigenvalue weighted by atomic mass is 10.1. The summed E-state index contributed by atoms with van der Waals surface area (Å²) >= 11 is 12.6. The largest absolute Gasteiger partial charge is 0.350 e. The van der Waals surface area contributed by atoms with E-state index in [-0.39, 0.29) is 32.7 Å². The number of sulfonamides is 1. The van der Waals surface area contributed by atoms with Gasteiger partial charge in [-0.25, -0.2) is 12.8 Å². The second kappa shape index (κ2) is 12.6. The van der Waals surface area contributed by atoms with Crippen molar-refractivity contribution in [3.63, 3.8) is 0 Å². The van der Waals surface area contributed by atoms with Gasteiger partial charge < -0.3 is 10.2 Å². The van der Waals surface area contributed by atoms with E-state index in [4.69, 9.17) is 23.2 Å². The van der Waals surface area contributed by atoms with Crippen LogP contribution >= 0.6 is 23.2 Å². The molecule has 0 unspecified atom stereocenters. The third kappa shape index (κ3) is 7.74. The quantitative estimate of drug-likeness (QED) is 0.325. The first-order chi connectivity index (χ1) is 18.6. The van der Waals surface area contributed by atoms with Crippen LogP contribution in [0.2, 0.25) is 10.0 Å². The van der Waals surface area contributed by atoms with Crippen molar-refractivity contribution in [3.8, 4) is 0 Å². The van der Waals surface area contributed by atoms with E-state index in [0.717, 1.165) is 14.8 Å². The molecule has 0 saturated carbocycles. The third-order valence-electron chi connectivity index (χ3n) is 6.03. The first-order valence-electron chi connectivity index (χ1n) is 12.5. The van der Waals surface area contributed by atoms with Crippen LogP contribution in [0.3, 0.4) is 0 Å². The number of benzene rings is 3. The Balaban J connectivity index is 2.09. The molecule has 214 valence electrons. The summed E-state index contributed by atoms with van der Waals surface area (Å²) in [7, 11) is -4.33. The summed E-state index contributed by atoms with van der Waals surface area (Å²) in [6.07, 6.45) is 0. The molecule has 0 bridgehead atoms. The Morgan fingerprint density at radius 3 is 2.23 bits per heavy atom. The Morgan fingerprint density at radius 1 is 1.00 bits per heavy atom. The van der Waals surface area contributed by atoms with E-state index in [2.05, 4.69) is 5.32 Å². The molecule has 0 spiro atoms. The number of anilines is 1. The minimum Gasteiger partial charge on any atom is -0.350 e. The molecule has 0 fully saturated rings. The number of nitrogens with zero attached hydrogens (tertiary/aromatic N) is 2. The van der Waals surface area contributed by atoms with Crippen molar-refractivity contribution in [2.75, 3.05) is 10.8 Å². The molecule has 1 atom stereocenters. The lowest BCUT2D eigenvalue weighted by Gasteiger charge is -2.33. The summed E-state index contributed by atoms with van der Waals surface area (Å²) in [6.45, 7) is 7.69. The zero-order chi connectivity index (χ0) is 29.8. The maximum atomic E-state index is 14.6. The number of amides is 2. The monoisotopic (exact) mass is 607 g/mol. The molecule has 0 aliphatic heterocycles. The van der Waals surface area contributed by atoms with E-state index in [1.165, 1.54) is 55.5 Å². The van der Waals surface area contributed by atoms with Crippen LogP contribution in [0.1, 0.15) is 38.8 Å². The van der Waals surface area contributed by atoms with Gasteiger partial charge in [0.15, 0.2) is 0 Å². The van der Waals surface area contributed by atoms with Gasteiger partial charge in [0.2, 0.25) is 11.8 Å². The molecule has 7 nitrogen and oxygen atoms in total. The number of rotatable bonds is 9. The highest BCUT2D eigenvalue weighted by molar-refractivity contribution is 7.92. The average Bonchev–Trinajstić information content (AvgIpc) is 2.87. The lowest BCUT2D eigenvalue weighted by Crippen LogP contribution is -2.54. The number of halogens is 3. The standard InChI is InChI=1S/C29H32Cl2FN3O4S/c1-19-10-13-23(14-11-19)40(38,39)35(26-16-22(30)12-15-24(26)31)18-27(36)34(17-21-8-6-7-9-25(21)32)20(2)28(37)33-29(3,4)5/h6-16,20H,17-18H2,1-5H3,(H,33,37)/t20-/m0/s1. The van der Waals surface area contributed by atoms with E-state index < -0.39 is 45.8 Å². The summed E-state index contributed by atoms with van der Waals surface area (Å²) in [4.78, 5) is 28.1. The third-order valence-corrected chi connectivity index (χ3v) is 8.36. The minimum atomic E-state index is -4.33. The van der Waals surface area contributed by atoms with E-state index in [1.807, 2.05) is 6.92 Å². The van der Waals surface area contributed by atoms with Crippen LogP contribution < -0.4 is 9.62 Å². The summed E-state index contributed by atoms with van der Waals surface area (Å²) in [5.74, 6) is -1.79. The van der Waals surface area contributed by atoms with Crippen LogP contribution in [-0.4, -0.2) is 43.3 Å². The first kappa shape index (κ1) is 31.4. The molecular weight excluding hydrogens is 576 g/mol. The molecule has 0 aliphatic rings. The van der Waals surface area contributed by atoms with Crippen LogP contribution in [0.15, 0.2) is 71.6 Å². The fourth-order valence-corrected chi connectivity index (χ4v) is 5.76. The summed E-state index contributed by atoms with van der Waals surface area (Å²) in [5, 5.41) is 3.07. The van der Waals surface area contributed by atoms with Crippen LogP contribution in [0.25, 0.3) is 0 Å². The SMILES string of the molecule is Cc1ccc(S(=O)(=O)N(CC(=O)N(Cc2ccccc2F)[C@@H](C)C(=O)NC(C)(C)C)c2cc(Cl)ccc2Cl)cc1. The molecule has 1 N–H and O–H groups in total. The molecule has 0 radical (unpaired) electrons. The Hall–Kier alpha value is -3.14. The van der Waals surface area contributed by atoms with Gasteiger partial charge in [-0.15, -0.1) is 0 Å². The number of hydrogen-bond acceptors (Lipinski definition) is 4. The Kier molecular flexibility index (Phi) is 9.87. The fraction of sp³-hybridized carbons (Fsp3) is 0.310. The zero-order valence-corrected chi connectivity index (χ0v) is 25.2. The number of carbonyl (C=O) groups excluding carboxylic acids is 2. The lowest BCUT2D eigenvalue weighted by molar-refractivity contribution is -0.140. The number of carbonyl (C=O) groups is 2. The van der Waals surface area contributed by atoms with Gasteiger partial charge in [-0.05, 0) is 71.0 Å². The fourth-order valence-electron chi connectivity index (χ4n) is 3.89. The molecule has 3 aromatic rings. The molecule has 0 saturated heterocycles. The highest BCUT2D eigenvalue weighted by Gasteiger charge is 2.34. The minimum absolute atomic E-state index is 0.0132. The Bertz CT molecular complexity index is 1490. The average molecular weight is 609 g/mol. The first-order valence-corrected chi connectivity index (χ1v) is 14.7. The van der Waals surface area contributed by atoms with Crippen molar-refractivity contribution in [2.24, 2.45) is 0 Å². The predicted octanol–water partition coefficient (Wildman–Crippen LogP) is 5.97. The smallest absolute Gasteiger partial charge is 0.264 e. The molecule has 40 heavy (non-hydrogen) atoms. The van der Waals surface area contributed by atoms with Gasteiger partial charge in [0.05, 0.1) is 15.6 Å². The number of aryl methyl sites for hydroxylation is 1. The topological polar surface area (TPSA) is 86.8 Å². The Morgan fingerprint density at radius 2 is 1.62 bits per heavy atom. The molecule has 2 amide bonds. The normalized spacial score (nSPS) is 12.5. The van der Waals surface area contributed by atoms with Crippen molar-refractivity contribution in [3.05, 3.63) is 93.7 Å². The molecule has 3 aromatic carbocycles.